The van der Waals surface area contributed by atoms with Crippen LogP contribution in [0.3, 0.4) is 0 Å². The molecule has 8 heteroatoms. The van der Waals surface area contributed by atoms with Crippen molar-refractivity contribution in [1.82, 2.24) is 9.97 Å². The normalized spacial score (nSPS) is 13.6. The zero-order chi connectivity index (χ0) is 17.1. The summed E-state index contributed by atoms with van der Waals surface area (Å²) >= 11 is 12.0. The number of rotatable bonds is 3. The summed E-state index contributed by atoms with van der Waals surface area (Å²) in [5, 5.41) is 12.2. The van der Waals surface area contributed by atoms with E-state index >= 15 is 0 Å². The first kappa shape index (κ1) is 16.5. The highest BCUT2D eigenvalue weighted by atomic mass is 35.5. The van der Waals surface area contributed by atoms with Gasteiger partial charge in [-0.3, -0.25) is 4.79 Å². The molecule has 1 amide bonds. The van der Waals surface area contributed by atoms with E-state index in [4.69, 9.17) is 28.5 Å². The number of aromatic nitrogens is 2. The van der Waals surface area contributed by atoms with Crippen LogP contribution in [0.4, 0.5) is 11.6 Å². The van der Waals surface area contributed by atoms with E-state index in [1.165, 1.54) is 12.3 Å². The molecule has 1 fully saturated rings. The average molecular weight is 362 g/mol. The van der Waals surface area contributed by atoms with Crippen molar-refractivity contribution in [2.45, 2.75) is 12.8 Å². The van der Waals surface area contributed by atoms with E-state index < -0.39 is 5.91 Å². The minimum atomic E-state index is -0.464. The molecule has 0 saturated carbocycles. The Morgan fingerprint density at radius 1 is 1.25 bits per heavy atom. The molecule has 122 valence electrons. The fourth-order valence-corrected chi connectivity index (χ4v) is 2.80. The zero-order valence-electron chi connectivity index (χ0n) is 12.6. The van der Waals surface area contributed by atoms with E-state index in [9.17, 15) is 4.79 Å². The fourth-order valence-electron chi connectivity index (χ4n) is 2.47. The minimum absolute atomic E-state index is 0.0991. The number of nitrogens with zero attached hydrogens (tertiary/aromatic N) is 4. The third-order valence-electron chi connectivity index (χ3n) is 3.68. The summed E-state index contributed by atoms with van der Waals surface area (Å²) in [4.78, 5) is 23.0. The Bertz CT molecular complexity index is 828. The molecule has 1 aliphatic heterocycles. The summed E-state index contributed by atoms with van der Waals surface area (Å²) in [5.74, 6) is 0.0323. The SMILES string of the molecule is N#Cc1cc(NC(=O)c2nc(N3CCCC3)ncc2Cl)ccc1Cl. The number of halogens is 2. The lowest BCUT2D eigenvalue weighted by atomic mass is 10.2. The maximum absolute atomic E-state index is 12.5. The van der Waals surface area contributed by atoms with Crippen molar-refractivity contribution < 1.29 is 4.79 Å². The van der Waals surface area contributed by atoms with Gasteiger partial charge in [-0.05, 0) is 31.0 Å². The number of anilines is 2. The van der Waals surface area contributed by atoms with Crippen molar-refractivity contribution in [1.29, 1.82) is 5.26 Å². The fraction of sp³-hybridized carbons (Fsp3) is 0.250. The molecule has 0 spiro atoms. The summed E-state index contributed by atoms with van der Waals surface area (Å²) in [6, 6.07) is 6.62. The number of nitriles is 1. The third-order valence-corrected chi connectivity index (χ3v) is 4.29. The standard InChI is InChI=1S/C16H13Cl2N5O/c17-12-4-3-11(7-10(12)8-19)21-15(24)14-13(18)9-20-16(22-14)23-5-1-2-6-23/h3-4,7,9H,1-2,5-6H2,(H,21,24). The van der Waals surface area contributed by atoms with Crippen LogP contribution in [-0.4, -0.2) is 29.0 Å². The second-order valence-corrected chi connectivity index (χ2v) is 6.14. The average Bonchev–Trinajstić information content (AvgIpc) is 3.11. The van der Waals surface area contributed by atoms with Gasteiger partial charge in [0.15, 0.2) is 5.69 Å². The molecule has 6 nitrogen and oxygen atoms in total. The van der Waals surface area contributed by atoms with E-state index in [2.05, 4.69) is 15.3 Å². The molecule has 3 rings (SSSR count). The van der Waals surface area contributed by atoms with E-state index in [1.807, 2.05) is 11.0 Å². The molecule has 0 bridgehead atoms. The largest absolute Gasteiger partial charge is 0.341 e. The van der Waals surface area contributed by atoms with Crippen LogP contribution < -0.4 is 10.2 Å². The van der Waals surface area contributed by atoms with Gasteiger partial charge in [-0.25, -0.2) is 9.97 Å². The lowest BCUT2D eigenvalue weighted by Gasteiger charge is -2.16. The summed E-state index contributed by atoms with van der Waals surface area (Å²) in [7, 11) is 0. The lowest BCUT2D eigenvalue weighted by molar-refractivity contribution is 0.102. The van der Waals surface area contributed by atoms with Crippen molar-refractivity contribution in [2.75, 3.05) is 23.3 Å². The minimum Gasteiger partial charge on any atom is -0.341 e. The maximum Gasteiger partial charge on any atom is 0.276 e. The van der Waals surface area contributed by atoms with Gasteiger partial charge >= 0.3 is 0 Å². The highest BCUT2D eigenvalue weighted by molar-refractivity contribution is 6.34. The Morgan fingerprint density at radius 3 is 2.71 bits per heavy atom. The Morgan fingerprint density at radius 2 is 2.00 bits per heavy atom. The third kappa shape index (κ3) is 3.42. The van der Waals surface area contributed by atoms with Gasteiger partial charge in [0.25, 0.3) is 5.91 Å². The number of carbonyl (C=O) groups is 1. The maximum atomic E-state index is 12.5. The zero-order valence-corrected chi connectivity index (χ0v) is 14.1. The van der Waals surface area contributed by atoms with Gasteiger partial charge in [0.1, 0.15) is 6.07 Å². The van der Waals surface area contributed by atoms with Gasteiger partial charge in [-0.1, -0.05) is 23.2 Å². The molecule has 0 radical (unpaired) electrons. The topological polar surface area (TPSA) is 81.9 Å². The van der Waals surface area contributed by atoms with Crippen molar-refractivity contribution in [2.24, 2.45) is 0 Å². The summed E-state index contributed by atoms with van der Waals surface area (Å²) in [5.41, 5.74) is 0.821. The highest BCUT2D eigenvalue weighted by Crippen LogP contribution is 2.23. The molecule has 0 unspecified atom stereocenters. The quantitative estimate of drug-likeness (QED) is 0.904. The molecule has 24 heavy (non-hydrogen) atoms. The number of nitrogens with one attached hydrogen (secondary N) is 1. The van der Waals surface area contributed by atoms with Gasteiger partial charge in [0, 0.05) is 18.8 Å². The predicted octanol–water partition coefficient (Wildman–Crippen LogP) is 3.51. The Balaban J connectivity index is 1.84. The van der Waals surface area contributed by atoms with Crippen molar-refractivity contribution >= 4 is 40.7 Å². The van der Waals surface area contributed by atoms with E-state index in [0.717, 1.165) is 25.9 Å². The van der Waals surface area contributed by atoms with Crippen LogP contribution in [0.15, 0.2) is 24.4 Å². The van der Waals surface area contributed by atoms with E-state index in [-0.39, 0.29) is 16.3 Å². The van der Waals surface area contributed by atoms with E-state index in [0.29, 0.717) is 16.7 Å². The number of amides is 1. The van der Waals surface area contributed by atoms with Crippen LogP contribution in [-0.2, 0) is 0 Å². The highest BCUT2D eigenvalue weighted by Gasteiger charge is 2.20. The van der Waals surface area contributed by atoms with Crippen LogP contribution in [0.1, 0.15) is 28.9 Å². The van der Waals surface area contributed by atoms with Crippen LogP contribution in [0.25, 0.3) is 0 Å². The predicted molar refractivity (Wildman–Crippen MR) is 92.6 cm³/mol. The molecule has 1 N–H and O–H groups in total. The number of carbonyl (C=O) groups excluding carboxylic acids is 1. The van der Waals surface area contributed by atoms with Gasteiger partial charge in [-0.2, -0.15) is 5.26 Å². The molecule has 1 aromatic carbocycles. The first-order valence-electron chi connectivity index (χ1n) is 7.37. The molecule has 1 aromatic heterocycles. The van der Waals surface area contributed by atoms with E-state index in [1.54, 1.807) is 12.1 Å². The Hall–Kier alpha value is -2.36. The Kier molecular flexibility index (Phi) is 4.84. The molecule has 2 heterocycles. The van der Waals surface area contributed by atoms with Crippen molar-refractivity contribution in [3.8, 4) is 6.07 Å². The van der Waals surface area contributed by atoms with Crippen LogP contribution in [0.2, 0.25) is 10.0 Å². The monoisotopic (exact) mass is 361 g/mol. The molecule has 1 aliphatic rings. The lowest BCUT2D eigenvalue weighted by Crippen LogP contribution is -2.23. The van der Waals surface area contributed by atoms with Crippen molar-refractivity contribution in [3.63, 3.8) is 0 Å². The number of hydrogen-bond acceptors (Lipinski definition) is 5. The van der Waals surface area contributed by atoms with Gasteiger partial charge in [0.05, 0.1) is 21.8 Å². The first-order chi connectivity index (χ1) is 11.6. The van der Waals surface area contributed by atoms with Gasteiger partial charge < -0.3 is 10.2 Å². The molecular formula is C16H13Cl2N5O. The second-order valence-electron chi connectivity index (χ2n) is 5.32. The van der Waals surface area contributed by atoms with Gasteiger partial charge in [0.2, 0.25) is 5.95 Å². The van der Waals surface area contributed by atoms with Crippen LogP contribution in [0.5, 0.6) is 0 Å². The molecular weight excluding hydrogens is 349 g/mol. The Labute approximate surface area is 149 Å². The summed E-state index contributed by atoms with van der Waals surface area (Å²) < 4.78 is 0. The molecule has 0 atom stereocenters. The number of benzene rings is 1. The van der Waals surface area contributed by atoms with Crippen LogP contribution >= 0.6 is 23.2 Å². The smallest absolute Gasteiger partial charge is 0.276 e. The summed E-state index contributed by atoms with van der Waals surface area (Å²) in [6.45, 7) is 1.73. The second kappa shape index (κ2) is 7.04. The number of hydrogen-bond donors (Lipinski definition) is 1. The van der Waals surface area contributed by atoms with Gasteiger partial charge in [-0.15, -0.1) is 0 Å². The first-order valence-corrected chi connectivity index (χ1v) is 8.12. The van der Waals surface area contributed by atoms with Crippen molar-refractivity contribution in [3.05, 3.63) is 45.7 Å². The molecule has 1 saturated heterocycles. The summed E-state index contributed by atoms with van der Waals surface area (Å²) in [6.07, 6.45) is 3.59. The van der Waals surface area contributed by atoms with Crippen LogP contribution in [0, 0.1) is 11.3 Å². The molecule has 2 aromatic rings. The molecule has 0 aliphatic carbocycles.